The third-order valence-electron chi connectivity index (χ3n) is 5.60. The van der Waals surface area contributed by atoms with E-state index in [9.17, 15) is 14.0 Å². The SMILES string of the molecule is O=C(Cc1ccc(Oc2ccnc3c2OCCCN3)cc1)c1cccn(-c2ccc(F)cc2)c1=O. The Labute approximate surface area is 200 Å². The molecule has 0 atom stereocenters. The van der Waals surface area contributed by atoms with Crippen LogP contribution in [-0.2, 0) is 6.42 Å². The van der Waals surface area contributed by atoms with E-state index in [2.05, 4.69) is 10.3 Å². The highest BCUT2D eigenvalue weighted by Gasteiger charge is 2.17. The Balaban J connectivity index is 1.31. The summed E-state index contributed by atoms with van der Waals surface area (Å²) in [5.41, 5.74) is 0.850. The van der Waals surface area contributed by atoms with Gasteiger partial charge in [-0.05, 0) is 60.5 Å². The zero-order valence-corrected chi connectivity index (χ0v) is 18.7. The molecule has 0 unspecified atom stereocenters. The highest BCUT2D eigenvalue weighted by atomic mass is 19.1. The average Bonchev–Trinajstić information content (AvgIpc) is 3.12. The van der Waals surface area contributed by atoms with E-state index in [1.165, 1.54) is 34.9 Å². The van der Waals surface area contributed by atoms with Gasteiger partial charge in [-0.25, -0.2) is 9.37 Å². The number of Topliss-reactive ketones (excluding diaryl/α,β-unsaturated/α-hetero) is 1. The zero-order valence-electron chi connectivity index (χ0n) is 18.7. The summed E-state index contributed by atoms with van der Waals surface area (Å²) in [6, 6.07) is 17.5. The van der Waals surface area contributed by atoms with Crippen LogP contribution >= 0.6 is 0 Å². The highest BCUT2D eigenvalue weighted by Crippen LogP contribution is 2.37. The Bertz CT molecular complexity index is 1420. The first-order chi connectivity index (χ1) is 17.1. The lowest BCUT2D eigenvalue weighted by Gasteiger charge is -2.13. The number of rotatable bonds is 6. The molecule has 1 aliphatic heterocycles. The zero-order chi connectivity index (χ0) is 24.2. The number of hydrogen-bond acceptors (Lipinski definition) is 6. The maximum absolute atomic E-state index is 13.2. The van der Waals surface area contributed by atoms with Crippen molar-refractivity contribution in [1.82, 2.24) is 9.55 Å². The molecule has 0 saturated heterocycles. The van der Waals surface area contributed by atoms with Gasteiger partial charge in [0.2, 0.25) is 5.75 Å². The summed E-state index contributed by atoms with van der Waals surface area (Å²) in [5, 5.41) is 3.22. The number of nitrogens with one attached hydrogen (secondary N) is 1. The summed E-state index contributed by atoms with van der Waals surface area (Å²) < 4.78 is 26.4. The minimum Gasteiger partial charge on any atom is -0.486 e. The molecule has 0 fully saturated rings. The van der Waals surface area contributed by atoms with Gasteiger partial charge < -0.3 is 14.8 Å². The molecule has 5 rings (SSSR count). The van der Waals surface area contributed by atoms with Gasteiger partial charge in [-0.3, -0.25) is 14.2 Å². The van der Waals surface area contributed by atoms with E-state index in [4.69, 9.17) is 9.47 Å². The molecular weight excluding hydrogens is 449 g/mol. The van der Waals surface area contributed by atoms with Crippen molar-refractivity contribution in [2.75, 3.05) is 18.5 Å². The number of nitrogens with zero attached hydrogens (tertiary/aromatic N) is 2. The number of fused-ring (bicyclic) bond motifs is 1. The number of hydrogen-bond donors (Lipinski definition) is 1. The molecule has 0 aliphatic carbocycles. The van der Waals surface area contributed by atoms with Gasteiger partial charge in [-0.1, -0.05) is 12.1 Å². The van der Waals surface area contributed by atoms with Crippen LogP contribution in [0.2, 0.25) is 0 Å². The first-order valence-electron chi connectivity index (χ1n) is 11.2. The van der Waals surface area contributed by atoms with Gasteiger partial charge in [-0.2, -0.15) is 0 Å². The molecule has 7 nitrogen and oxygen atoms in total. The second-order valence-electron chi connectivity index (χ2n) is 8.04. The summed E-state index contributed by atoms with van der Waals surface area (Å²) in [6.07, 6.45) is 4.13. The largest absolute Gasteiger partial charge is 0.486 e. The van der Waals surface area contributed by atoms with Gasteiger partial charge in [0.05, 0.1) is 12.2 Å². The smallest absolute Gasteiger partial charge is 0.265 e. The van der Waals surface area contributed by atoms with Crippen LogP contribution < -0.4 is 20.3 Å². The molecule has 3 heterocycles. The standard InChI is InChI=1S/C27H22FN3O4/c28-19-6-8-20(9-7-19)31-15-1-3-22(27(31)33)23(32)17-18-4-10-21(11-5-18)35-24-12-14-30-26-25(24)34-16-2-13-29-26/h1,3-12,14-15H,2,13,16-17H2,(H,29,30). The monoisotopic (exact) mass is 471 g/mol. The van der Waals surface area contributed by atoms with Crippen LogP contribution in [0.1, 0.15) is 22.3 Å². The number of halogens is 1. The topological polar surface area (TPSA) is 82.4 Å². The minimum atomic E-state index is -0.448. The van der Waals surface area contributed by atoms with E-state index >= 15 is 0 Å². The number of ketones is 1. The quantitative estimate of drug-likeness (QED) is 0.408. The Morgan fingerprint density at radius 1 is 1.09 bits per heavy atom. The fourth-order valence-electron chi connectivity index (χ4n) is 3.82. The molecule has 1 N–H and O–H groups in total. The predicted octanol–water partition coefficient (Wildman–Crippen LogP) is 4.78. The molecule has 0 spiro atoms. The Morgan fingerprint density at radius 2 is 1.89 bits per heavy atom. The number of anilines is 1. The molecule has 4 aromatic rings. The molecule has 2 aromatic carbocycles. The molecule has 8 heteroatoms. The van der Waals surface area contributed by atoms with Crippen LogP contribution in [-0.4, -0.2) is 28.5 Å². The summed E-state index contributed by atoms with van der Waals surface area (Å²) >= 11 is 0. The number of aromatic nitrogens is 2. The molecule has 176 valence electrons. The third kappa shape index (κ3) is 4.91. The van der Waals surface area contributed by atoms with Crippen molar-refractivity contribution >= 4 is 11.6 Å². The summed E-state index contributed by atoms with van der Waals surface area (Å²) in [4.78, 5) is 30.1. The maximum Gasteiger partial charge on any atom is 0.265 e. The van der Waals surface area contributed by atoms with Crippen molar-refractivity contribution in [3.63, 3.8) is 0 Å². The van der Waals surface area contributed by atoms with Crippen LogP contribution in [0.25, 0.3) is 5.69 Å². The molecule has 35 heavy (non-hydrogen) atoms. The molecule has 0 saturated carbocycles. The number of benzene rings is 2. The maximum atomic E-state index is 13.2. The Hall–Kier alpha value is -4.46. The normalized spacial score (nSPS) is 12.6. The molecular formula is C27H22FN3O4. The Kier molecular flexibility index (Phi) is 6.26. The van der Waals surface area contributed by atoms with Crippen LogP contribution in [0.4, 0.5) is 10.2 Å². The van der Waals surface area contributed by atoms with Gasteiger partial charge >= 0.3 is 0 Å². The summed E-state index contributed by atoms with van der Waals surface area (Å²) in [5.74, 6) is 1.66. The fraction of sp³-hybridized carbons (Fsp3) is 0.148. The number of carbonyl (C=O) groups excluding carboxylic acids is 1. The van der Waals surface area contributed by atoms with Gasteiger partial charge in [-0.15, -0.1) is 0 Å². The molecule has 0 amide bonds. The number of carbonyl (C=O) groups is 1. The second kappa shape index (κ2) is 9.80. The molecule has 0 radical (unpaired) electrons. The van der Waals surface area contributed by atoms with Crippen molar-refractivity contribution < 1.29 is 18.7 Å². The number of ether oxygens (including phenoxy) is 2. The van der Waals surface area contributed by atoms with E-state index in [1.54, 1.807) is 48.8 Å². The van der Waals surface area contributed by atoms with Crippen molar-refractivity contribution in [2.24, 2.45) is 0 Å². The van der Waals surface area contributed by atoms with Crippen LogP contribution in [0.15, 0.2) is 83.9 Å². The van der Waals surface area contributed by atoms with Gasteiger partial charge in [0.1, 0.15) is 11.6 Å². The predicted molar refractivity (Wildman–Crippen MR) is 129 cm³/mol. The molecule has 0 bridgehead atoms. The summed E-state index contributed by atoms with van der Waals surface area (Å²) in [7, 11) is 0. The second-order valence-corrected chi connectivity index (χ2v) is 8.04. The molecule has 1 aliphatic rings. The first-order valence-corrected chi connectivity index (χ1v) is 11.2. The van der Waals surface area contributed by atoms with Crippen LogP contribution in [0, 0.1) is 5.82 Å². The average molecular weight is 471 g/mol. The lowest BCUT2D eigenvalue weighted by Crippen LogP contribution is -2.25. The van der Waals surface area contributed by atoms with Crippen molar-refractivity contribution in [3.05, 3.63) is 106 Å². The highest BCUT2D eigenvalue weighted by molar-refractivity contribution is 5.97. The Morgan fingerprint density at radius 3 is 2.69 bits per heavy atom. The lowest BCUT2D eigenvalue weighted by atomic mass is 10.0. The van der Waals surface area contributed by atoms with E-state index in [0.717, 1.165) is 18.5 Å². The van der Waals surface area contributed by atoms with E-state index in [1.807, 2.05) is 0 Å². The van der Waals surface area contributed by atoms with E-state index in [0.29, 0.717) is 35.4 Å². The van der Waals surface area contributed by atoms with Gasteiger partial charge in [0.15, 0.2) is 17.4 Å². The van der Waals surface area contributed by atoms with Crippen LogP contribution in [0.5, 0.6) is 17.2 Å². The first kappa shape index (κ1) is 22.3. The lowest BCUT2D eigenvalue weighted by molar-refractivity contribution is 0.0991. The third-order valence-corrected chi connectivity index (χ3v) is 5.60. The number of pyridine rings is 2. The van der Waals surface area contributed by atoms with Crippen molar-refractivity contribution in [1.29, 1.82) is 0 Å². The van der Waals surface area contributed by atoms with Crippen LogP contribution in [0.3, 0.4) is 0 Å². The van der Waals surface area contributed by atoms with Gasteiger partial charge in [0, 0.05) is 37.1 Å². The fourth-order valence-corrected chi connectivity index (χ4v) is 3.82. The summed E-state index contributed by atoms with van der Waals surface area (Å²) in [6.45, 7) is 1.36. The van der Waals surface area contributed by atoms with Gasteiger partial charge in [0.25, 0.3) is 5.56 Å². The van der Waals surface area contributed by atoms with E-state index < -0.39 is 11.4 Å². The minimum absolute atomic E-state index is 0.0562. The van der Waals surface area contributed by atoms with Crippen molar-refractivity contribution in [2.45, 2.75) is 12.8 Å². The molecule has 2 aromatic heterocycles. The van der Waals surface area contributed by atoms with Crippen molar-refractivity contribution in [3.8, 4) is 22.9 Å². The van der Waals surface area contributed by atoms with E-state index in [-0.39, 0.29) is 17.8 Å².